The van der Waals surface area contributed by atoms with E-state index in [1.165, 1.54) is 6.07 Å². The predicted octanol–water partition coefficient (Wildman–Crippen LogP) is 2.63. The van der Waals surface area contributed by atoms with Crippen LogP contribution in [0.5, 0.6) is 0 Å². The first-order valence-electron chi connectivity index (χ1n) is 4.74. The van der Waals surface area contributed by atoms with Crippen LogP contribution in [0.15, 0.2) is 18.2 Å². The highest BCUT2D eigenvalue weighted by Crippen LogP contribution is 2.31. The van der Waals surface area contributed by atoms with Gasteiger partial charge < -0.3 is 5.32 Å². The maximum atomic E-state index is 13.4. The Morgan fingerprint density at radius 1 is 1.50 bits per heavy atom. The molecule has 0 spiro atoms. The Labute approximate surface area is 88.3 Å². The van der Waals surface area contributed by atoms with E-state index in [2.05, 4.69) is 12.2 Å². The van der Waals surface area contributed by atoms with Crippen LogP contribution < -0.4 is 5.32 Å². The normalized spacial score (nSPS) is 19.1. The van der Waals surface area contributed by atoms with E-state index in [0.29, 0.717) is 17.0 Å². The molecule has 76 valence electrons. The summed E-state index contributed by atoms with van der Waals surface area (Å²) in [5.41, 5.74) is 0.824. The summed E-state index contributed by atoms with van der Waals surface area (Å²) < 4.78 is 13.4. The van der Waals surface area contributed by atoms with Crippen molar-refractivity contribution in [3.63, 3.8) is 0 Å². The Morgan fingerprint density at radius 3 is 2.71 bits per heavy atom. The lowest BCUT2D eigenvalue weighted by Gasteiger charge is -2.39. The molecular formula is C11H13ClFN. The van der Waals surface area contributed by atoms with E-state index in [1.54, 1.807) is 12.1 Å². The van der Waals surface area contributed by atoms with Gasteiger partial charge in [-0.2, -0.15) is 0 Å². The zero-order chi connectivity index (χ0) is 10.2. The molecule has 0 saturated carbocycles. The number of hydrogen-bond acceptors (Lipinski definition) is 1. The Balaban J connectivity index is 2.23. The van der Waals surface area contributed by atoms with Gasteiger partial charge in [0.05, 0.1) is 0 Å². The van der Waals surface area contributed by atoms with Crippen LogP contribution in [0.25, 0.3) is 0 Å². The molecule has 1 N–H and O–H groups in total. The minimum atomic E-state index is -0.189. The summed E-state index contributed by atoms with van der Waals surface area (Å²) in [5.74, 6) is -0.189. The topological polar surface area (TPSA) is 12.0 Å². The number of nitrogens with one attached hydrogen (secondary N) is 1. The molecule has 0 radical (unpaired) electrons. The van der Waals surface area contributed by atoms with E-state index in [9.17, 15) is 4.39 Å². The summed E-state index contributed by atoms with van der Waals surface area (Å²) >= 11 is 5.96. The molecule has 1 aromatic carbocycles. The third-order valence-electron chi connectivity index (χ3n) is 2.77. The molecule has 1 aliphatic heterocycles. The molecule has 1 aromatic rings. The van der Waals surface area contributed by atoms with Crippen LogP contribution in [0.3, 0.4) is 0 Å². The van der Waals surface area contributed by atoms with E-state index >= 15 is 0 Å². The van der Waals surface area contributed by atoms with Gasteiger partial charge in [-0.15, -0.1) is 0 Å². The molecule has 3 heteroatoms. The van der Waals surface area contributed by atoms with Gasteiger partial charge in [0.2, 0.25) is 0 Å². The van der Waals surface area contributed by atoms with Crippen molar-refractivity contribution in [1.29, 1.82) is 0 Å². The molecular weight excluding hydrogens is 201 g/mol. The zero-order valence-corrected chi connectivity index (χ0v) is 8.87. The van der Waals surface area contributed by atoms with Gasteiger partial charge in [0.1, 0.15) is 5.82 Å². The predicted molar refractivity (Wildman–Crippen MR) is 56.1 cm³/mol. The first kappa shape index (κ1) is 9.94. The van der Waals surface area contributed by atoms with Crippen molar-refractivity contribution in [3.8, 4) is 0 Å². The van der Waals surface area contributed by atoms with Crippen LogP contribution >= 0.6 is 11.6 Å². The van der Waals surface area contributed by atoms with Crippen LogP contribution in [0.2, 0.25) is 5.02 Å². The highest BCUT2D eigenvalue weighted by atomic mass is 35.5. The van der Waals surface area contributed by atoms with Gasteiger partial charge in [0.15, 0.2) is 0 Å². The van der Waals surface area contributed by atoms with Gasteiger partial charge in [0.25, 0.3) is 0 Å². The van der Waals surface area contributed by atoms with Crippen molar-refractivity contribution in [2.75, 3.05) is 13.1 Å². The molecule has 0 aromatic heterocycles. The largest absolute Gasteiger partial charge is 0.316 e. The zero-order valence-electron chi connectivity index (χ0n) is 8.11. The van der Waals surface area contributed by atoms with Crippen molar-refractivity contribution in [2.45, 2.75) is 13.3 Å². The molecule has 1 heterocycles. The summed E-state index contributed by atoms with van der Waals surface area (Å²) in [6.45, 7) is 4.03. The Hall–Kier alpha value is -0.600. The molecule has 1 aliphatic rings. The molecule has 14 heavy (non-hydrogen) atoms. The van der Waals surface area contributed by atoms with Gasteiger partial charge in [-0.05, 0) is 24.0 Å². The molecule has 0 amide bonds. The lowest BCUT2D eigenvalue weighted by atomic mass is 9.78. The quantitative estimate of drug-likeness (QED) is 0.797. The van der Waals surface area contributed by atoms with E-state index in [-0.39, 0.29) is 11.2 Å². The van der Waals surface area contributed by atoms with E-state index in [0.717, 1.165) is 13.1 Å². The summed E-state index contributed by atoms with van der Waals surface area (Å²) in [4.78, 5) is 0. The molecule has 1 nitrogen and oxygen atoms in total. The number of halogens is 2. The number of benzene rings is 1. The molecule has 1 saturated heterocycles. The minimum absolute atomic E-state index is 0.172. The third-order valence-corrected chi connectivity index (χ3v) is 3.12. The van der Waals surface area contributed by atoms with E-state index in [4.69, 9.17) is 11.6 Å². The number of rotatable bonds is 2. The molecule has 0 aliphatic carbocycles. The summed E-state index contributed by atoms with van der Waals surface area (Å²) in [7, 11) is 0. The monoisotopic (exact) mass is 213 g/mol. The van der Waals surface area contributed by atoms with Crippen molar-refractivity contribution >= 4 is 11.6 Å². The average Bonchev–Trinajstić information content (AvgIpc) is 2.09. The van der Waals surface area contributed by atoms with Gasteiger partial charge in [-0.1, -0.05) is 24.6 Å². The summed E-state index contributed by atoms with van der Waals surface area (Å²) in [6, 6.07) is 4.86. The second-order valence-corrected chi connectivity index (χ2v) is 4.70. The van der Waals surface area contributed by atoms with Crippen LogP contribution in [0.1, 0.15) is 12.5 Å². The molecule has 0 unspecified atom stereocenters. The summed E-state index contributed by atoms with van der Waals surface area (Å²) in [5, 5.41) is 3.74. The first-order chi connectivity index (χ1) is 6.61. The Kier molecular flexibility index (Phi) is 2.50. The van der Waals surface area contributed by atoms with Crippen LogP contribution in [0.4, 0.5) is 4.39 Å². The van der Waals surface area contributed by atoms with Crippen molar-refractivity contribution in [3.05, 3.63) is 34.6 Å². The SMILES string of the molecule is CC1(Cc2c(F)cccc2Cl)CNC1. The highest BCUT2D eigenvalue weighted by molar-refractivity contribution is 6.31. The van der Waals surface area contributed by atoms with Crippen molar-refractivity contribution in [2.24, 2.45) is 5.41 Å². The van der Waals surface area contributed by atoms with Crippen LogP contribution in [-0.4, -0.2) is 13.1 Å². The van der Waals surface area contributed by atoms with Crippen LogP contribution in [-0.2, 0) is 6.42 Å². The molecule has 2 rings (SSSR count). The second-order valence-electron chi connectivity index (χ2n) is 4.29. The fraction of sp³-hybridized carbons (Fsp3) is 0.455. The van der Waals surface area contributed by atoms with E-state index in [1.807, 2.05) is 0 Å². The molecule has 0 atom stereocenters. The van der Waals surface area contributed by atoms with Crippen molar-refractivity contribution < 1.29 is 4.39 Å². The Morgan fingerprint density at radius 2 is 2.21 bits per heavy atom. The third kappa shape index (κ3) is 1.77. The fourth-order valence-electron chi connectivity index (χ4n) is 1.80. The van der Waals surface area contributed by atoms with Crippen molar-refractivity contribution in [1.82, 2.24) is 5.32 Å². The molecule has 0 bridgehead atoms. The second kappa shape index (κ2) is 3.52. The van der Waals surface area contributed by atoms with Gasteiger partial charge in [0, 0.05) is 23.7 Å². The molecule has 1 fully saturated rings. The standard InChI is InChI=1S/C11H13ClFN/c1-11(6-14-7-11)5-8-9(12)3-2-4-10(8)13/h2-4,14H,5-7H2,1H3. The lowest BCUT2D eigenvalue weighted by molar-refractivity contribution is 0.193. The van der Waals surface area contributed by atoms with Gasteiger partial charge >= 0.3 is 0 Å². The lowest BCUT2D eigenvalue weighted by Crippen LogP contribution is -2.52. The number of hydrogen-bond donors (Lipinski definition) is 1. The van der Waals surface area contributed by atoms with Gasteiger partial charge in [-0.3, -0.25) is 0 Å². The maximum absolute atomic E-state index is 13.4. The highest BCUT2D eigenvalue weighted by Gasteiger charge is 2.33. The van der Waals surface area contributed by atoms with Gasteiger partial charge in [-0.25, -0.2) is 4.39 Å². The maximum Gasteiger partial charge on any atom is 0.127 e. The smallest absolute Gasteiger partial charge is 0.127 e. The van der Waals surface area contributed by atoms with E-state index < -0.39 is 0 Å². The average molecular weight is 214 g/mol. The summed E-state index contributed by atoms with van der Waals surface area (Å²) in [6.07, 6.45) is 0.714. The minimum Gasteiger partial charge on any atom is -0.316 e. The fourth-order valence-corrected chi connectivity index (χ4v) is 2.03. The van der Waals surface area contributed by atoms with Crippen LogP contribution in [0, 0.1) is 11.2 Å². The Bertz CT molecular complexity index is 327. The first-order valence-corrected chi connectivity index (χ1v) is 5.12.